The van der Waals surface area contributed by atoms with Gasteiger partial charge in [0.25, 0.3) is 0 Å². The summed E-state index contributed by atoms with van der Waals surface area (Å²) in [5, 5.41) is 0. The van der Waals surface area contributed by atoms with Crippen LogP contribution in [-0.4, -0.2) is 19.0 Å². The average Bonchev–Trinajstić information content (AvgIpc) is 2.30. The number of carbonyl (C=O) groups excluding carboxylic acids is 1. The van der Waals surface area contributed by atoms with E-state index in [1.165, 1.54) is 6.92 Å². The molecule has 0 radical (unpaired) electrons. The molecule has 3 heteroatoms. The molecule has 0 amide bonds. The van der Waals surface area contributed by atoms with Crippen molar-refractivity contribution < 1.29 is 9.21 Å². The van der Waals surface area contributed by atoms with Crippen molar-refractivity contribution in [2.45, 2.75) is 24.2 Å². The zero-order valence-electron chi connectivity index (χ0n) is 7.97. The summed E-state index contributed by atoms with van der Waals surface area (Å²) in [5.74, 6) is 7.22. The third-order valence-corrected chi connectivity index (χ3v) is 5.36. The number of furan rings is 1. The molecule has 0 N–H and O–H groups in total. The molecular weight excluding hydrogens is 213 g/mol. The molecule has 0 fully saturated rings. The minimum atomic E-state index is -1.85. The number of carbonyl (C=O) groups is 1. The van der Waals surface area contributed by atoms with Crippen molar-refractivity contribution in [1.29, 1.82) is 0 Å². The van der Waals surface area contributed by atoms with E-state index in [0.29, 0.717) is 5.76 Å². The first-order valence-corrected chi connectivity index (χ1v) is 11.4. The Labute approximate surface area is 75.3 Å². The molecule has 1 rings (SSSR count). The SMILES string of the molecule is CC(=O)c1cc[c]([Ge]([CH3])([CH3])[CH3])o1. The van der Waals surface area contributed by atoms with Crippen LogP contribution >= 0.6 is 0 Å². The van der Waals surface area contributed by atoms with Crippen molar-refractivity contribution >= 4 is 23.6 Å². The van der Waals surface area contributed by atoms with Crippen LogP contribution in [0.25, 0.3) is 0 Å². The van der Waals surface area contributed by atoms with Gasteiger partial charge in [-0.2, -0.15) is 0 Å². The molecule has 2 nitrogen and oxygen atoms in total. The van der Waals surface area contributed by atoms with Crippen molar-refractivity contribution in [3.05, 3.63) is 17.9 Å². The quantitative estimate of drug-likeness (QED) is 0.571. The summed E-state index contributed by atoms with van der Waals surface area (Å²) in [7, 11) is 0. The molecule has 0 aromatic carbocycles. The second-order valence-corrected chi connectivity index (χ2v) is 14.4. The van der Waals surface area contributed by atoms with Crippen LogP contribution in [0.3, 0.4) is 0 Å². The molecule has 0 aliphatic carbocycles. The Bertz CT molecular complexity index is 294. The first kappa shape index (κ1) is 9.58. The van der Waals surface area contributed by atoms with Gasteiger partial charge in [0.15, 0.2) is 0 Å². The molecular formula is C9H14GeO2. The fraction of sp³-hybridized carbons (Fsp3) is 0.444. The van der Waals surface area contributed by atoms with E-state index in [-0.39, 0.29) is 5.78 Å². The Morgan fingerprint density at radius 1 is 1.33 bits per heavy atom. The number of ketones is 1. The topological polar surface area (TPSA) is 30.2 Å². The van der Waals surface area contributed by atoms with Crippen molar-refractivity contribution in [2.24, 2.45) is 0 Å². The van der Waals surface area contributed by atoms with Gasteiger partial charge in [-0.1, -0.05) is 0 Å². The molecule has 0 unspecified atom stereocenters. The molecule has 0 bridgehead atoms. The molecule has 66 valence electrons. The molecule has 0 aliphatic heterocycles. The van der Waals surface area contributed by atoms with Crippen molar-refractivity contribution in [3.8, 4) is 0 Å². The van der Waals surface area contributed by atoms with E-state index in [2.05, 4.69) is 17.3 Å². The van der Waals surface area contributed by atoms with Crippen LogP contribution in [-0.2, 0) is 0 Å². The molecule has 0 saturated carbocycles. The number of Topliss-reactive ketones (excluding diaryl/α,β-unsaturated/α-hetero) is 1. The average molecular weight is 227 g/mol. The number of hydrogen-bond donors (Lipinski definition) is 0. The van der Waals surface area contributed by atoms with Gasteiger partial charge in [-0.05, 0) is 0 Å². The Morgan fingerprint density at radius 2 is 1.92 bits per heavy atom. The van der Waals surface area contributed by atoms with E-state index < -0.39 is 13.3 Å². The predicted octanol–water partition coefficient (Wildman–Crippen LogP) is 2.03. The summed E-state index contributed by atoms with van der Waals surface area (Å²) in [5.41, 5.74) is 0. The van der Waals surface area contributed by atoms with Crippen LogP contribution in [0, 0.1) is 0 Å². The summed E-state index contributed by atoms with van der Waals surface area (Å²) >= 11 is -1.85. The normalized spacial score (nSPS) is 11.7. The fourth-order valence-corrected chi connectivity index (χ4v) is 3.03. The summed E-state index contributed by atoms with van der Waals surface area (Å²) in [4.78, 5) is 10.9. The third kappa shape index (κ3) is 2.00. The molecule has 12 heavy (non-hydrogen) atoms. The molecule has 0 saturated heterocycles. The summed E-state index contributed by atoms with van der Waals surface area (Å²) in [6.07, 6.45) is 0. The predicted molar refractivity (Wildman–Crippen MR) is 51.7 cm³/mol. The number of hydrogen-bond acceptors (Lipinski definition) is 2. The summed E-state index contributed by atoms with van der Waals surface area (Å²) in [6.45, 7) is 1.53. The van der Waals surface area contributed by atoms with Gasteiger partial charge < -0.3 is 0 Å². The van der Waals surface area contributed by atoms with Gasteiger partial charge in [0.1, 0.15) is 0 Å². The van der Waals surface area contributed by atoms with Gasteiger partial charge in [0.2, 0.25) is 0 Å². The van der Waals surface area contributed by atoms with Crippen LogP contribution in [0.15, 0.2) is 16.5 Å². The second-order valence-electron chi connectivity index (χ2n) is 3.97. The van der Waals surface area contributed by atoms with Crippen LogP contribution < -0.4 is 4.59 Å². The fourth-order valence-electron chi connectivity index (χ4n) is 0.930. The summed E-state index contributed by atoms with van der Waals surface area (Å²) < 4.78 is 6.49. The van der Waals surface area contributed by atoms with Crippen molar-refractivity contribution in [2.75, 3.05) is 0 Å². The van der Waals surface area contributed by atoms with Crippen molar-refractivity contribution in [1.82, 2.24) is 0 Å². The standard InChI is InChI=1S/C9H14GeO2/c1-7(11)8-5-6-9(12-8)10(2,3)4/h5-6H,1-4H3. The van der Waals surface area contributed by atoms with E-state index in [4.69, 9.17) is 4.42 Å². The van der Waals surface area contributed by atoms with E-state index in [1.807, 2.05) is 6.07 Å². The maximum atomic E-state index is 10.9. The summed E-state index contributed by atoms with van der Waals surface area (Å²) in [6, 6.07) is 3.71. The Morgan fingerprint density at radius 3 is 2.17 bits per heavy atom. The van der Waals surface area contributed by atoms with E-state index >= 15 is 0 Å². The van der Waals surface area contributed by atoms with Crippen LogP contribution in [0.2, 0.25) is 17.3 Å². The molecule has 1 heterocycles. The van der Waals surface area contributed by atoms with Gasteiger partial charge in [-0.15, -0.1) is 0 Å². The van der Waals surface area contributed by atoms with Gasteiger partial charge in [-0.3, -0.25) is 0 Å². The van der Waals surface area contributed by atoms with Crippen molar-refractivity contribution in [3.63, 3.8) is 0 Å². The second kappa shape index (κ2) is 3.09. The first-order valence-electron chi connectivity index (χ1n) is 4.02. The van der Waals surface area contributed by atoms with E-state index in [9.17, 15) is 4.79 Å². The van der Waals surface area contributed by atoms with E-state index in [0.717, 1.165) is 4.59 Å². The first-order chi connectivity index (χ1) is 5.41. The molecule has 0 atom stereocenters. The molecule has 1 aromatic heterocycles. The molecule has 0 spiro atoms. The van der Waals surface area contributed by atoms with Gasteiger partial charge in [0.05, 0.1) is 0 Å². The minimum absolute atomic E-state index is 0.00731. The third-order valence-electron chi connectivity index (χ3n) is 1.69. The van der Waals surface area contributed by atoms with Crippen LogP contribution in [0.4, 0.5) is 0 Å². The van der Waals surface area contributed by atoms with Gasteiger partial charge >= 0.3 is 74.9 Å². The number of rotatable bonds is 2. The van der Waals surface area contributed by atoms with Crippen LogP contribution in [0.1, 0.15) is 17.5 Å². The van der Waals surface area contributed by atoms with Crippen LogP contribution in [0.5, 0.6) is 0 Å². The Kier molecular flexibility index (Phi) is 2.47. The van der Waals surface area contributed by atoms with Gasteiger partial charge in [0, 0.05) is 0 Å². The van der Waals surface area contributed by atoms with Gasteiger partial charge in [-0.25, -0.2) is 0 Å². The zero-order chi connectivity index (χ0) is 9.35. The molecule has 1 aromatic rings. The Hall–Kier alpha value is -0.507. The van der Waals surface area contributed by atoms with E-state index in [1.54, 1.807) is 6.07 Å². The maximum absolute atomic E-state index is 10.9. The molecule has 0 aliphatic rings. The Balaban J connectivity index is 3.00. The monoisotopic (exact) mass is 228 g/mol. The zero-order valence-corrected chi connectivity index (χ0v) is 10.1.